The first-order chi connectivity index (χ1) is 8.15. The third kappa shape index (κ3) is 3.01. The summed E-state index contributed by atoms with van der Waals surface area (Å²) in [6.45, 7) is 0. The molecule has 2 aromatic rings. The molecule has 0 saturated heterocycles. The Morgan fingerprint density at radius 1 is 1.00 bits per heavy atom. The first kappa shape index (κ1) is 11.5. The fourth-order valence-corrected chi connectivity index (χ4v) is 1.50. The predicted molar refractivity (Wildman–Crippen MR) is 66.8 cm³/mol. The third-order valence-corrected chi connectivity index (χ3v) is 2.45. The van der Waals surface area contributed by atoms with Crippen molar-refractivity contribution in [3.05, 3.63) is 59.9 Å². The number of phenols is 1. The Bertz CT molecular complexity index is 520. The highest BCUT2D eigenvalue weighted by atomic mass is 32.1. The minimum absolute atomic E-state index is 0.165. The quantitative estimate of drug-likeness (QED) is 0.827. The molecule has 1 N–H and O–H groups in total. The van der Waals surface area contributed by atoms with Gasteiger partial charge >= 0.3 is 0 Å². The molecule has 86 valence electrons. The summed E-state index contributed by atoms with van der Waals surface area (Å²) in [6, 6.07) is 12.0. The number of phenolic OH excluding ortho intramolecular Hbond substituents is 1. The fourth-order valence-electron chi connectivity index (χ4n) is 1.27. The first-order valence-corrected chi connectivity index (χ1v) is 5.33. The average molecular weight is 248 g/mol. The van der Waals surface area contributed by atoms with Crippen molar-refractivity contribution >= 4 is 17.3 Å². The van der Waals surface area contributed by atoms with Gasteiger partial charge in [-0.3, -0.25) is 0 Å². The second kappa shape index (κ2) is 4.93. The van der Waals surface area contributed by atoms with Crippen molar-refractivity contribution in [2.75, 3.05) is 0 Å². The molecule has 2 rings (SSSR count). The number of rotatable bonds is 2. The van der Waals surface area contributed by atoms with Crippen molar-refractivity contribution in [3.63, 3.8) is 0 Å². The molecule has 0 fully saturated rings. The molecule has 0 spiro atoms. The summed E-state index contributed by atoms with van der Waals surface area (Å²) in [6.07, 6.45) is 0. The van der Waals surface area contributed by atoms with E-state index in [0.717, 1.165) is 0 Å². The van der Waals surface area contributed by atoms with Crippen LogP contribution in [0.1, 0.15) is 5.56 Å². The van der Waals surface area contributed by atoms with Gasteiger partial charge in [0, 0.05) is 5.56 Å². The second-order valence-corrected chi connectivity index (χ2v) is 3.76. The maximum atomic E-state index is 12.7. The van der Waals surface area contributed by atoms with E-state index in [9.17, 15) is 4.39 Å². The monoisotopic (exact) mass is 248 g/mol. The van der Waals surface area contributed by atoms with E-state index in [1.807, 2.05) is 0 Å². The van der Waals surface area contributed by atoms with Crippen LogP contribution < -0.4 is 4.74 Å². The van der Waals surface area contributed by atoms with Crippen molar-refractivity contribution < 1.29 is 14.2 Å². The number of halogens is 1. The Balaban J connectivity index is 2.11. The summed E-state index contributed by atoms with van der Waals surface area (Å²) in [5, 5.41) is 9.41. The zero-order valence-electron chi connectivity index (χ0n) is 8.76. The highest BCUT2D eigenvalue weighted by Gasteiger charge is 2.04. The Kier molecular flexibility index (Phi) is 3.35. The smallest absolute Gasteiger partial charge is 0.198 e. The average Bonchev–Trinajstić information content (AvgIpc) is 2.33. The molecule has 2 aromatic carbocycles. The Morgan fingerprint density at radius 3 is 2.18 bits per heavy atom. The first-order valence-electron chi connectivity index (χ1n) is 4.92. The highest BCUT2D eigenvalue weighted by molar-refractivity contribution is 7.80. The fraction of sp³-hybridized carbons (Fsp3) is 0. The van der Waals surface area contributed by atoms with Crippen molar-refractivity contribution in [2.45, 2.75) is 0 Å². The summed E-state index contributed by atoms with van der Waals surface area (Å²) in [5.74, 6) is 0.315. The molecule has 4 heteroatoms. The third-order valence-electron chi connectivity index (χ3n) is 2.13. The van der Waals surface area contributed by atoms with Crippen LogP contribution in [0.4, 0.5) is 4.39 Å². The van der Waals surface area contributed by atoms with Crippen LogP contribution in [0, 0.1) is 5.82 Å². The maximum absolute atomic E-state index is 12.7. The number of ether oxygens (including phenoxy) is 1. The molecule has 17 heavy (non-hydrogen) atoms. The number of thiocarbonyl (C=S) groups is 1. The van der Waals surface area contributed by atoms with E-state index in [4.69, 9.17) is 22.1 Å². The van der Waals surface area contributed by atoms with Gasteiger partial charge in [0.25, 0.3) is 0 Å². The lowest BCUT2D eigenvalue weighted by Crippen LogP contribution is -2.06. The SMILES string of the molecule is Oc1ccc(C(=S)Oc2ccc(F)cc2)cc1. The normalized spacial score (nSPS) is 9.94. The van der Waals surface area contributed by atoms with E-state index in [-0.39, 0.29) is 16.6 Å². The van der Waals surface area contributed by atoms with Crippen molar-refractivity contribution in [1.82, 2.24) is 0 Å². The number of aromatic hydroxyl groups is 1. The van der Waals surface area contributed by atoms with Crippen LogP contribution in [0.3, 0.4) is 0 Å². The standard InChI is InChI=1S/C13H9FO2S/c14-10-3-7-12(8-4-10)16-13(17)9-1-5-11(15)6-2-9/h1-8,15H. The lowest BCUT2D eigenvalue weighted by atomic mass is 10.2. The van der Waals surface area contributed by atoms with Gasteiger partial charge in [-0.2, -0.15) is 0 Å². The van der Waals surface area contributed by atoms with Gasteiger partial charge in [0.2, 0.25) is 0 Å². The summed E-state index contributed by atoms with van der Waals surface area (Å²) >= 11 is 5.08. The van der Waals surface area contributed by atoms with E-state index < -0.39 is 0 Å². The van der Waals surface area contributed by atoms with Gasteiger partial charge in [0.05, 0.1) is 0 Å². The van der Waals surface area contributed by atoms with Crippen molar-refractivity contribution in [1.29, 1.82) is 0 Å². The van der Waals surface area contributed by atoms with Gasteiger partial charge < -0.3 is 9.84 Å². The van der Waals surface area contributed by atoms with E-state index in [1.54, 1.807) is 12.1 Å². The second-order valence-electron chi connectivity index (χ2n) is 3.39. The molecule has 0 atom stereocenters. The molecule has 0 bridgehead atoms. The Hall–Kier alpha value is -1.94. The molecule has 0 aromatic heterocycles. The molecule has 2 nitrogen and oxygen atoms in total. The van der Waals surface area contributed by atoms with Gasteiger partial charge in [0.15, 0.2) is 5.05 Å². The molecule has 0 aliphatic heterocycles. The summed E-state index contributed by atoms with van der Waals surface area (Å²) in [5.41, 5.74) is 0.683. The zero-order chi connectivity index (χ0) is 12.3. The van der Waals surface area contributed by atoms with Crippen LogP contribution in [0.25, 0.3) is 0 Å². The van der Waals surface area contributed by atoms with Crippen LogP contribution in [0.5, 0.6) is 11.5 Å². The molecular weight excluding hydrogens is 239 g/mol. The largest absolute Gasteiger partial charge is 0.508 e. The zero-order valence-corrected chi connectivity index (χ0v) is 9.58. The number of hydrogen-bond acceptors (Lipinski definition) is 3. The lowest BCUT2D eigenvalue weighted by molar-refractivity contribution is 0.475. The van der Waals surface area contributed by atoms with Crippen LogP contribution in [0.15, 0.2) is 48.5 Å². The van der Waals surface area contributed by atoms with Crippen LogP contribution in [-0.2, 0) is 0 Å². The van der Waals surface area contributed by atoms with Crippen LogP contribution >= 0.6 is 12.2 Å². The van der Waals surface area contributed by atoms with E-state index in [2.05, 4.69) is 0 Å². The summed E-state index contributed by atoms with van der Waals surface area (Å²) in [4.78, 5) is 0. The molecule has 0 aliphatic rings. The highest BCUT2D eigenvalue weighted by Crippen LogP contribution is 2.16. The van der Waals surface area contributed by atoms with Gasteiger partial charge in [-0.05, 0) is 60.7 Å². The van der Waals surface area contributed by atoms with Gasteiger partial charge in [-0.1, -0.05) is 0 Å². The molecule has 0 saturated carbocycles. The van der Waals surface area contributed by atoms with Crippen molar-refractivity contribution in [3.8, 4) is 11.5 Å². The molecule has 0 unspecified atom stereocenters. The molecule has 0 heterocycles. The Labute approximate surface area is 103 Å². The van der Waals surface area contributed by atoms with Crippen molar-refractivity contribution in [2.24, 2.45) is 0 Å². The van der Waals surface area contributed by atoms with Crippen LogP contribution in [0.2, 0.25) is 0 Å². The van der Waals surface area contributed by atoms with E-state index >= 15 is 0 Å². The van der Waals surface area contributed by atoms with Crippen LogP contribution in [-0.4, -0.2) is 10.2 Å². The van der Waals surface area contributed by atoms with Gasteiger partial charge in [-0.25, -0.2) is 4.39 Å². The van der Waals surface area contributed by atoms with Gasteiger partial charge in [0.1, 0.15) is 17.3 Å². The summed E-state index contributed by atoms with van der Waals surface area (Å²) in [7, 11) is 0. The molecule has 0 radical (unpaired) electrons. The minimum atomic E-state index is -0.326. The molecule has 0 amide bonds. The Morgan fingerprint density at radius 2 is 1.59 bits per heavy atom. The van der Waals surface area contributed by atoms with E-state index in [1.165, 1.54) is 36.4 Å². The topological polar surface area (TPSA) is 29.5 Å². The lowest BCUT2D eigenvalue weighted by Gasteiger charge is -2.06. The number of hydrogen-bond donors (Lipinski definition) is 1. The number of benzene rings is 2. The maximum Gasteiger partial charge on any atom is 0.198 e. The molecular formula is C13H9FO2S. The predicted octanol–water partition coefficient (Wildman–Crippen LogP) is 3.29. The van der Waals surface area contributed by atoms with E-state index in [0.29, 0.717) is 11.3 Å². The summed E-state index contributed by atoms with van der Waals surface area (Å²) < 4.78 is 18.1. The minimum Gasteiger partial charge on any atom is -0.508 e. The van der Waals surface area contributed by atoms with Gasteiger partial charge in [-0.15, -0.1) is 0 Å². The molecule has 0 aliphatic carbocycles.